The molecule has 0 spiro atoms. The first kappa shape index (κ1) is 13.9. The van der Waals surface area contributed by atoms with Crippen LogP contribution in [0.25, 0.3) is 5.57 Å². The van der Waals surface area contributed by atoms with Crippen LogP contribution in [0.15, 0.2) is 36.1 Å². The molecule has 1 fully saturated rings. The maximum Gasteiger partial charge on any atom is 0.296 e. The lowest BCUT2D eigenvalue weighted by Crippen LogP contribution is -2.40. The van der Waals surface area contributed by atoms with Gasteiger partial charge >= 0.3 is 0 Å². The minimum absolute atomic E-state index is 0.0733. The molecule has 1 aliphatic carbocycles. The lowest BCUT2D eigenvalue weighted by Gasteiger charge is -2.25. The molecule has 1 aliphatic heterocycles. The predicted molar refractivity (Wildman–Crippen MR) is 79.3 cm³/mol. The molecule has 0 aromatic heterocycles. The van der Waals surface area contributed by atoms with Crippen LogP contribution in [0.1, 0.15) is 44.1 Å². The molecule has 0 bridgehead atoms. The Hall–Kier alpha value is -2.10. The molecule has 21 heavy (non-hydrogen) atoms. The molecule has 0 atom stereocenters. The van der Waals surface area contributed by atoms with Crippen molar-refractivity contribution in [3.05, 3.63) is 41.7 Å². The highest BCUT2D eigenvalue weighted by molar-refractivity contribution is 6.35. The van der Waals surface area contributed by atoms with Gasteiger partial charge in [0.25, 0.3) is 11.8 Å². The molecule has 4 heteroatoms. The van der Waals surface area contributed by atoms with Crippen LogP contribution in [-0.2, 0) is 9.59 Å². The van der Waals surface area contributed by atoms with Crippen molar-refractivity contribution in [3.8, 4) is 0 Å². The zero-order chi connectivity index (χ0) is 14.8. The normalized spacial score (nSPS) is 21.0. The summed E-state index contributed by atoms with van der Waals surface area (Å²) in [6.07, 6.45) is 6.04. The number of hydrogen-bond donors (Lipinski definition) is 1. The van der Waals surface area contributed by atoms with Gasteiger partial charge in [0.15, 0.2) is 5.76 Å². The van der Waals surface area contributed by atoms with Crippen LogP contribution in [0, 0.1) is 0 Å². The van der Waals surface area contributed by atoms with Gasteiger partial charge in [-0.15, -0.1) is 0 Å². The fourth-order valence-electron chi connectivity index (χ4n) is 3.25. The summed E-state index contributed by atoms with van der Waals surface area (Å²) >= 11 is 0. The number of amides is 2. The SMILES string of the molecule is O=C1C(O)=C(c2ccccc2)C(=O)N1C1CCCCCC1. The number of nitrogens with zero attached hydrogens (tertiary/aromatic N) is 1. The summed E-state index contributed by atoms with van der Waals surface area (Å²) in [4.78, 5) is 26.2. The number of carbonyl (C=O) groups excluding carboxylic acids is 2. The van der Waals surface area contributed by atoms with E-state index in [-0.39, 0.29) is 17.5 Å². The van der Waals surface area contributed by atoms with Crippen molar-refractivity contribution in [3.63, 3.8) is 0 Å². The van der Waals surface area contributed by atoms with E-state index in [1.54, 1.807) is 24.3 Å². The molecule has 1 N–H and O–H groups in total. The van der Waals surface area contributed by atoms with Gasteiger partial charge in [-0.25, -0.2) is 0 Å². The maximum absolute atomic E-state index is 12.6. The van der Waals surface area contributed by atoms with Crippen LogP contribution in [0.3, 0.4) is 0 Å². The number of benzene rings is 1. The topological polar surface area (TPSA) is 57.6 Å². The third-order valence-corrected chi connectivity index (χ3v) is 4.34. The van der Waals surface area contributed by atoms with Crippen molar-refractivity contribution in [1.82, 2.24) is 4.90 Å². The number of aliphatic hydroxyl groups is 1. The Kier molecular flexibility index (Phi) is 3.78. The molecule has 4 nitrogen and oxygen atoms in total. The standard InChI is InChI=1S/C17H19NO3/c19-15-14(12-8-4-3-5-9-12)16(20)18(17(15)21)13-10-6-1-2-7-11-13/h3-5,8-9,13,19H,1-2,6-7,10-11H2. The van der Waals surface area contributed by atoms with Crippen molar-refractivity contribution in [1.29, 1.82) is 0 Å². The fraction of sp³-hybridized carbons (Fsp3) is 0.412. The third-order valence-electron chi connectivity index (χ3n) is 4.34. The average Bonchev–Trinajstić information content (AvgIpc) is 2.70. The first-order chi connectivity index (χ1) is 10.2. The first-order valence-electron chi connectivity index (χ1n) is 7.56. The lowest BCUT2D eigenvalue weighted by atomic mass is 10.0. The summed E-state index contributed by atoms with van der Waals surface area (Å²) in [6.45, 7) is 0. The third kappa shape index (κ3) is 2.46. The van der Waals surface area contributed by atoms with Crippen LogP contribution >= 0.6 is 0 Å². The summed E-state index contributed by atoms with van der Waals surface area (Å²) in [5.41, 5.74) is 0.745. The second-order valence-electron chi connectivity index (χ2n) is 5.72. The second-order valence-corrected chi connectivity index (χ2v) is 5.72. The number of carbonyl (C=O) groups is 2. The van der Waals surface area contributed by atoms with Gasteiger partial charge in [-0.05, 0) is 18.4 Å². The van der Waals surface area contributed by atoms with E-state index in [0.717, 1.165) is 38.5 Å². The van der Waals surface area contributed by atoms with Crippen LogP contribution in [0.2, 0.25) is 0 Å². The van der Waals surface area contributed by atoms with E-state index in [4.69, 9.17) is 0 Å². The van der Waals surface area contributed by atoms with Crippen molar-refractivity contribution < 1.29 is 14.7 Å². The number of hydrogen-bond acceptors (Lipinski definition) is 3. The van der Waals surface area contributed by atoms with Crippen molar-refractivity contribution in [2.45, 2.75) is 44.6 Å². The van der Waals surface area contributed by atoms with E-state index in [1.807, 2.05) is 6.07 Å². The molecule has 1 aromatic carbocycles. The van der Waals surface area contributed by atoms with Gasteiger partial charge in [-0.1, -0.05) is 56.0 Å². The molecule has 2 aliphatic rings. The van der Waals surface area contributed by atoms with Crippen LogP contribution in [-0.4, -0.2) is 27.9 Å². The van der Waals surface area contributed by atoms with Gasteiger partial charge < -0.3 is 5.11 Å². The molecular formula is C17H19NO3. The Balaban J connectivity index is 1.91. The maximum atomic E-state index is 12.6. The van der Waals surface area contributed by atoms with Gasteiger partial charge in [0.2, 0.25) is 0 Å². The van der Waals surface area contributed by atoms with Crippen molar-refractivity contribution in [2.24, 2.45) is 0 Å². The van der Waals surface area contributed by atoms with E-state index in [9.17, 15) is 14.7 Å². The Bertz CT molecular complexity index is 583. The number of aliphatic hydroxyl groups excluding tert-OH is 1. The Morgan fingerprint density at radius 1 is 0.905 bits per heavy atom. The highest BCUT2D eigenvalue weighted by atomic mass is 16.3. The monoisotopic (exact) mass is 285 g/mol. The molecule has 1 heterocycles. The number of imide groups is 1. The van der Waals surface area contributed by atoms with E-state index in [2.05, 4.69) is 0 Å². The summed E-state index contributed by atoms with van der Waals surface area (Å²) in [5.74, 6) is -1.29. The molecular weight excluding hydrogens is 266 g/mol. The Morgan fingerprint density at radius 2 is 1.52 bits per heavy atom. The fourth-order valence-corrected chi connectivity index (χ4v) is 3.25. The predicted octanol–water partition coefficient (Wildman–Crippen LogP) is 3.05. The van der Waals surface area contributed by atoms with Gasteiger partial charge in [0, 0.05) is 6.04 Å². The molecule has 1 aromatic rings. The lowest BCUT2D eigenvalue weighted by molar-refractivity contribution is -0.141. The summed E-state index contributed by atoms with van der Waals surface area (Å²) in [7, 11) is 0. The summed E-state index contributed by atoms with van der Waals surface area (Å²) < 4.78 is 0. The molecule has 3 rings (SSSR count). The van der Waals surface area contributed by atoms with Gasteiger partial charge in [0.1, 0.15) is 0 Å². The highest BCUT2D eigenvalue weighted by Crippen LogP contribution is 2.32. The minimum atomic E-state index is -0.536. The molecule has 1 saturated carbocycles. The van der Waals surface area contributed by atoms with E-state index < -0.39 is 11.7 Å². The smallest absolute Gasteiger partial charge is 0.296 e. The average molecular weight is 285 g/mol. The summed E-state index contributed by atoms with van der Waals surface area (Å²) in [6, 6.07) is 8.84. The van der Waals surface area contributed by atoms with Crippen LogP contribution in [0.4, 0.5) is 0 Å². The molecule has 0 unspecified atom stereocenters. The summed E-state index contributed by atoms with van der Waals surface area (Å²) in [5, 5.41) is 10.1. The van der Waals surface area contributed by atoms with Crippen LogP contribution in [0.5, 0.6) is 0 Å². The van der Waals surface area contributed by atoms with E-state index in [1.165, 1.54) is 4.90 Å². The largest absolute Gasteiger partial charge is 0.502 e. The first-order valence-corrected chi connectivity index (χ1v) is 7.56. The molecule has 2 amide bonds. The quantitative estimate of drug-likeness (QED) is 0.671. The van der Waals surface area contributed by atoms with E-state index in [0.29, 0.717) is 5.56 Å². The van der Waals surface area contributed by atoms with Crippen molar-refractivity contribution in [2.75, 3.05) is 0 Å². The Labute approximate surface area is 124 Å². The second kappa shape index (κ2) is 5.72. The molecule has 110 valence electrons. The molecule has 0 saturated heterocycles. The Morgan fingerprint density at radius 3 is 2.14 bits per heavy atom. The van der Waals surface area contributed by atoms with Crippen molar-refractivity contribution >= 4 is 17.4 Å². The van der Waals surface area contributed by atoms with Gasteiger partial charge in [-0.3, -0.25) is 14.5 Å². The highest BCUT2D eigenvalue weighted by Gasteiger charge is 2.42. The van der Waals surface area contributed by atoms with Gasteiger partial charge in [-0.2, -0.15) is 0 Å². The van der Waals surface area contributed by atoms with E-state index >= 15 is 0 Å². The zero-order valence-corrected chi connectivity index (χ0v) is 11.9. The van der Waals surface area contributed by atoms with Crippen LogP contribution < -0.4 is 0 Å². The number of rotatable bonds is 2. The zero-order valence-electron chi connectivity index (χ0n) is 11.9. The van der Waals surface area contributed by atoms with Gasteiger partial charge in [0.05, 0.1) is 5.57 Å². The molecule has 0 radical (unpaired) electrons. The minimum Gasteiger partial charge on any atom is -0.502 e.